The van der Waals surface area contributed by atoms with Crippen LogP contribution in [0.3, 0.4) is 0 Å². The predicted octanol–water partition coefficient (Wildman–Crippen LogP) is -1.40. The number of benzene rings is 4. The number of nitrogens with zero attached hydrogens (tertiary/aromatic N) is 6. The molecule has 0 fully saturated rings. The van der Waals surface area contributed by atoms with Gasteiger partial charge in [-0.25, -0.2) is 16.8 Å². The van der Waals surface area contributed by atoms with Crippen molar-refractivity contribution in [3.8, 4) is 0 Å². The first kappa shape index (κ1) is 49.8. The smallest absolute Gasteiger partial charge is 0.744 e. The van der Waals surface area contributed by atoms with E-state index in [1.807, 2.05) is 12.1 Å². The van der Waals surface area contributed by atoms with E-state index in [-0.39, 0.29) is 131 Å². The van der Waals surface area contributed by atoms with Crippen LogP contribution >= 0.6 is 0 Å². The van der Waals surface area contributed by atoms with Crippen LogP contribution in [0.5, 0.6) is 0 Å². The Kier molecular flexibility index (Phi) is 18.1. The van der Waals surface area contributed by atoms with Gasteiger partial charge in [0.05, 0.1) is 23.0 Å². The predicted molar refractivity (Wildman–Crippen MR) is 224 cm³/mol. The molecule has 0 aliphatic rings. The van der Waals surface area contributed by atoms with E-state index in [4.69, 9.17) is 0 Å². The molecule has 0 radical (unpaired) electrons. The molecule has 62 heavy (non-hydrogen) atoms. The Morgan fingerprint density at radius 2 is 0.806 bits per heavy atom. The van der Waals surface area contributed by atoms with E-state index in [1.54, 1.807) is 62.4 Å². The van der Waals surface area contributed by atoms with E-state index in [1.165, 1.54) is 36.4 Å². The second-order valence-corrected chi connectivity index (χ2v) is 15.7. The SMILES string of the molecule is CC(CO)Nc1nc(Nc2ccccc2)nc(Nc2ccc(C=Cc3ccc(Nc4nc(Nc5ccccc5)nc(NC(C)CO)n4)cc3S(=O)(=O)[O-])c(S(=O)(=O)[O-])c2)n1.[Na+].[Na+]. The molecule has 6 rings (SSSR count). The molecular formula is C38H38N12Na2O8S2. The number of aliphatic hydroxyl groups is 2. The first-order valence-electron chi connectivity index (χ1n) is 18.0. The van der Waals surface area contributed by atoms with Gasteiger partial charge in [0.1, 0.15) is 20.2 Å². The van der Waals surface area contributed by atoms with Crippen molar-refractivity contribution >= 4 is 90.8 Å². The topological polar surface area (TPSA) is 304 Å². The summed E-state index contributed by atoms with van der Waals surface area (Å²) in [6, 6.07) is 24.7. The molecule has 0 spiro atoms. The molecule has 0 amide bonds. The summed E-state index contributed by atoms with van der Waals surface area (Å²) in [6.45, 7) is 2.96. The van der Waals surface area contributed by atoms with Gasteiger partial charge in [-0.15, -0.1) is 0 Å². The Morgan fingerprint density at radius 3 is 1.11 bits per heavy atom. The largest absolute Gasteiger partial charge is 1.00 e. The van der Waals surface area contributed by atoms with Crippen molar-refractivity contribution in [2.45, 2.75) is 35.7 Å². The maximum absolute atomic E-state index is 12.5. The number of rotatable bonds is 18. The van der Waals surface area contributed by atoms with E-state index < -0.39 is 42.1 Å². The van der Waals surface area contributed by atoms with E-state index in [9.17, 15) is 36.2 Å². The molecule has 8 N–H and O–H groups in total. The average Bonchev–Trinajstić information content (AvgIpc) is 3.20. The first-order valence-corrected chi connectivity index (χ1v) is 20.8. The Morgan fingerprint density at radius 1 is 0.500 bits per heavy atom. The molecule has 0 bridgehead atoms. The molecule has 312 valence electrons. The van der Waals surface area contributed by atoms with E-state index in [0.29, 0.717) is 11.4 Å². The van der Waals surface area contributed by atoms with Crippen molar-refractivity contribution in [3.05, 3.63) is 108 Å². The first-order chi connectivity index (χ1) is 28.6. The van der Waals surface area contributed by atoms with Crippen LogP contribution in [0.2, 0.25) is 0 Å². The molecule has 6 aromatic rings. The Bertz CT molecular complexity index is 2530. The Balaban J connectivity index is 0.00000422. The summed E-state index contributed by atoms with van der Waals surface area (Å²) in [6.07, 6.45) is 2.37. The van der Waals surface area contributed by atoms with Gasteiger partial charge in [-0.05, 0) is 73.5 Å². The molecule has 2 heterocycles. The quantitative estimate of drug-likeness (QED) is 0.0280. The summed E-state index contributed by atoms with van der Waals surface area (Å²) >= 11 is 0. The van der Waals surface area contributed by atoms with Crippen LogP contribution < -0.4 is 91.0 Å². The number of hydrogen-bond donors (Lipinski definition) is 8. The van der Waals surface area contributed by atoms with Crippen molar-refractivity contribution < 1.29 is 95.3 Å². The third-order valence-corrected chi connectivity index (χ3v) is 9.93. The Hall–Kier alpha value is -4.82. The summed E-state index contributed by atoms with van der Waals surface area (Å²) in [5, 5.41) is 36.8. The molecule has 0 saturated heterocycles. The molecule has 24 heteroatoms. The second kappa shape index (κ2) is 22.5. The molecule has 2 aromatic heterocycles. The molecule has 4 aromatic carbocycles. The minimum Gasteiger partial charge on any atom is -0.744 e. The third kappa shape index (κ3) is 14.4. The van der Waals surface area contributed by atoms with Gasteiger partial charge in [0.2, 0.25) is 35.7 Å². The van der Waals surface area contributed by atoms with Crippen molar-refractivity contribution in [2.24, 2.45) is 0 Å². The molecule has 0 saturated carbocycles. The summed E-state index contributed by atoms with van der Waals surface area (Å²) < 4.78 is 75.1. The zero-order chi connectivity index (χ0) is 42.9. The summed E-state index contributed by atoms with van der Waals surface area (Å²) in [4.78, 5) is 24.6. The minimum atomic E-state index is -5.13. The molecule has 2 atom stereocenters. The third-order valence-electron chi connectivity index (χ3n) is 8.15. The zero-order valence-corrected chi connectivity index (χ0v) is 39.4. The van der Waals surface area contributed by atoms with E-state index >= 15 is 0 Å². The molecule has 0 aliphatic heterocycles. The van der Waals surface area contributed by atoms with Crippen LogP contribution in [0.1, 0.15) is 25.0 Å². The van der Waals surface area contributed by atoms with Crippen LogP contribution in [0.15, 0.2) is 107 Å². The summed E-state index contributed by atoms with van der Waals surface area (Å²) in [5.74, 6) is 0.311. The van der Waals surface area contributed by atoms with Gasteiger partial charge in [-0.1, -0.05) is 60.7 Å². The number of aromatic nitrogens is 6. The van der Waals surface area contributed by atoms with Gasteiger partial charge in [-0.3, -0.25) is 0 Å². The maximum Gasteiger partial charge on any atom is 1.00 e. The fourth-order valence-electron chi connectivity index (χ4n) is 5.31. The van der Waals surface area contributed by atoms with Crippen LogP contribution in [0.25, 0.3) is 12.2 Å². The van der Waals surface area contributed by atoms with Gasteiger partial charge in [-0.2, -0.15) is 29.9 Å². The van der Waals surface area contributed by atoms with Crippen molar-refractivity contribution in [3.63, 3.8) is 0 Å². The molecular weight excluding hydrogens is 863 g/mol. The van der Waals surface area contributed by atoms with Crippen molar-refractivity contribution in [1.29, 1.82) is 0 Å². The monoisotopic (exact) mass is 900 g/mol. The standard InChI is InChI=1S/C38H40N12O8S2.2Na/c1-23(21-51)39-33-45-35(41-27-9-5-3-6-10-27)49-37(47-33)43-29-17-15-25(31(19-29)59(53,54)55)13-14-26-16-18-30(20-32(26)60(56,57)58)44-38-48-34(40-24(2)22-52)46-36(50-38)42-28-11-7-4-8-12-28;;/h3-20,23-24,51-52H,21-22H2,1-2H3,(H,53,54,55)(H,56,57,58)(H3,39,41,43,45,47,49)(H3,40,42,44,46,48,50);;/q;2*+1/p-2. The molecule has 20 nitrogen and oxygen atoms in total. The Labute approximate surface area is 401 Å². The summed E-state index contributed by atoms with van der Waals surface area (Å²) in [7, 11) is -10.3. The minimum absolute atomic E-state index is 0. The second-order valence-electron chi connectivity index (χ2n) is 13.0. The van der Waals surface area contributed by atoms with Gasteiger partial charge in [0, 0.05) is 34.8 Å². The maximum atomic E-state index is 12.5. The molecule has 2 unspecified atom stereocenters. The fourth-order valence-corrected chi connectivity index (χ4v) is 6.70. The average molecular weight is 901 g/mol. The fraction of sp³-hybridized carbons (Fsp3) is 0.158. The van der Waals surface area contributed by atoms with Crippen LogP contribution in [0, 0.1) is 0 Å². The van der Waals surface area contributed by atoms with Crippen LogP contribution in [-0.2, 0) is 20.2 Å². The van der Waals surface area contributed by atoms with Crippen LogP contribution in [0.4, 0.5) is 58.4 Å². The zero-order valence-electron chi connectivity index (χ0n) is 33.8. The molecule has 0 aliphatic carbocycles. The van der Waals surface area contributed by atoms with Crippen molar-refractivity contribution in [1.82, 2.24) is 29.9 Å². The number of aliphatic hydroxyl groups excluding tert-OH is 2. The number of anilines is 10. The number of para-hydroxylation sites is 2. The van der Waals surface area contributed by atoms with Gasteiger partial charge >= 0.3 is 59.1 Å². The van der Waals surface area contributed by atoms with E-state index in [2.05, 4.69) is 61.8 Å². The van der Waals surface area contributed by atoms with Gasteiger partial charge in [0.15, 0.2) is 0 Å². The number of hydrogen-bond acceptors (Lipinski definition) is 20. The van der Waals surface area contributed by atoms with Gasteiger partial charge in [0.25, 0.3) is 0 Å². The van der Waals surface area contributed by atoms with Crippen molar-refractivity contribution in [2.75, 3.05) is 45.1 Å². The number of nitrogens with one attached hydrogen (secondary N) is 6. The van der Waals surface area contributed by atoms with Gasteiger partial charge < -0.3 is 51.2 Å². The summed E-state index contributed by atoms with van der Waals surface area (Å²) in [5.41, 5.74) is 1.29. The normalized spacial score (nSPS) is 12.3. The van der Waals surface area contributed by atoms with E-state index in [0.717, 1.165) is 12.1 Å². The van der Waals surface area contributed by atoms with Crippen LogP contribution in [-0.4, -0.2) is 91.4 Å².